The highest BCUT2D eigenvalue weighted by Crippen LogP contribution is 2.41. The van der Waals surface area contributed by atoms with Crippen molar-refractivity contribution < 1.29 is 60.1 Å². The van der Waals surface area contributed by atoms with Crippen LogP contribution in [0.25, 0.3) is 0 Å². The van der Waals surface area contributed by atoms with Gasteiger partial charge in [0.1, 0.15) is 22.0 Å². The number of amides is 1. The quantitative estimate of drug-likeness (QED) is 0.327. The number of hydrogen-bond acceptors (Lipinski definition) is 9. The van der Waals surface area contributed by atoms with Gasteiger partial charge in [-0.2, -0.15) is 13.2 Å². The molecule has 2 rings (SSSR count). The van der Waals surface area contributed by atoms with Crippen LogP contribution in [-0.4, -0.2) is 62.1 Å². The van der Waals surface area contributed by atoms with Gasteiger partial charge in [-0.3, -0.25) is 0 Å². The molecule has 0 aliphatic rings. The van der Waals surface area contributed by atoms with Crippen LogP contribution >= 0.6 is 11.6 Å². The normalized spacial score (nSPS) is 11.9. The molecule has 0 saturated heterocycles. The highest BCUT2D eigenvalue weighted by atomic mass is 35.5. The Hall–Kier alpha value is -3.72. The van der Waals surface area contributed by atoms with Crippen molar-refractivity contribution >= 4 is 39.5 Å². The van der Waals surface area contributed by atoms with Crippen LogP contribution in [0.4, 0.5) is 18.0 Å². The zero-order valence-electron chi connectivity index (χ0n) is 21.1. The highest BCUT2D eigenvalue weighted by molar-refractivity contribution is 7.90. The van der Waals surface area contributed by atoms with Crippen molar-refractivity contribution in [2.24, 2.45) is 0 Å². The predicted molar refractivity (Wildman–Crippen MR) is 129 cm³/mol. The molecule has 0 aromatic heterocycles. The van der Waals surface area contributed by atoms with Crippen LogP contribution in [0, 0.1) is 0 Å². The summed E-state index contributed by atoms with van der Waals surface area (Å²) in [6.45, 7) is 3.48. The van der Waals surface area contributed by atoms with Crippen molar-refractivity contribution in [2.45, 2.75) is 37.4 Å². The van der Waals surface area contributed by atoms with E-state index in [9.17, 15) is 41.1 Å². The van der Waals surface area contributed by atoms with Gasteiger partial charge < -0.3 is 24.2 Å². The minimum atomic E-state index is -4.93. The van der Waals surface area contributed by atoms with E-state index in [1.54, 1.807) is 0 Å². The summed E-state index contributed by atoms with van der Waals surface area (Å²) in [5, 5.41) is 9.67. The Balaban J connectivity index is 2.75. The van der Waals surface area contributed by atoms with E-state index in [1.807, 2.05) is 0 Å². The van der Waals surface area contributed by atoms with Gasteiger partial charge in [-0.25, -0.2) is 22.8 Å². The van der Waals surface area contributed by atoms with Crippen molar-refractivity contribution in [1.82, 2.24) is 5.06 Å². The van der Waals surface area contributed by atoms with Crippen LogP contribution < -0.4 is 9.57 Å². The minimum absolute atomic E-state index is 0.250. The summed E-state index contributed by atoms with van der Waals surface area (Å²) >= 11 is 5.67. The van der Waals surface area contributed by atoms with Crippen molar-refractivity contribution in [3.05, 3.63) is 46.5 Å². The maximum atomic E-state index is 13.6. The molecule has 39 heavy (non-hydrogen) atoms. The Labute approximate surface area is 225 Å². The van der Waals surface area contributed by atoms with Gasteiger partial charge in [0.15, 0.2) is 22.1 Å². The van der Waals surface area contributed by atoms with E-state index >= 15 is 0 Å². The molecule has 0 unspecified atom stereocenters. The van der Waals surface area contributed by atoms with E-state index in [2.05, 4.69) is 4.74 Å². The van der Waals surface area contributed by atoms with Gasteiger partial charge in [0.05, 0.1) is 18.2 Å². The number of carboxylic acid groups (broad SMARTS) is 1. The number of carboxylic acids is 1. The van der Waals surface area contributed by atoms with Crippen LogP contribution in [0.2, 0.25) is 5.02 Å². The smallest absolute Gasteiger partial charge is 0.444 e. The first kappa shape index (κ1) is 31.5. The Morgan fingerprint density at radius 2 is 1.67 bits per heavy atom. The molecule has 0 bridgehead atoms. The first-order valence-corrected chi connectivity index (χ1v) is 12.9. The monoisotopic (exact) mass is 597 g/mol. The van der Waals surface area contributed by atoms with Crippen LogP contribution in [0.1, 0.15) is 36.7 Å². The molecule has 0 aliphatic heterocycles. The lowest BCUT2D eigenvalue weighted by molar-refractivity contribution is -0.150. The fraction of sp³-hybridized carbons (Fsp3) is 0.348. The molecule has 0 fully saturated rings. The number of rotatable bonds is 8. The second-order valence-corrected chi connectivity index (χ2v) is 11.2. The van der Waals surface area contributed by atoms with Crippen molar-refractivity contribution in [3.63, 3.8) is 0 Å². The fourth-order valence-electron chi connectivity index (χ4n) is 2.93. The molecule has 0 radical (unpaired) electrons. The maximum absolute atomic E-state index is 13.6. The molecule has 0 aliphatic carbocycles. The standard InChI is InChI=1S/C23H23ClF3NO10S/c1-22(2,3)37-21(32)28(11-18(29)35-4)38-17-10-13(9-14(20(30)31)19(17)39(5,33)34)36-16-7-6-12(24)8-15(16)23(25,26)27/h6-10H,11H2,1-5H3,(H,30,31). The number of hydroxylamine groups is 2. The topological polar surface area (TPSA) is 146 Å². The van der Waals surface area contributed by atoms with Crippen molar-refractivity contribution in [1.29, 1.82) is 0 Å². The summed E-state index contributed by atoms with van der Waals surface area (Å²) in [7, 11) is -3.45. The van der Waals surface area contributed by atoms with Crippen LogP contribution in [0.15, 0.2) is 35.2 Å². The van der Waals surface area contributed by atoms with E-state index in [0.717, 1.165) is 25.3 Å². The SMILES string of the molecule is COC(=O)CN(Oc1cc(Oc2ccc(Cl)cc2C(F)(F)F)cc(C(=O)O)c1S(C)(=O)=O)C(=O)OC(C)(C)C. The number of halogens is 4. The zero-order valence-corrected chi connectivity index (χ0v) is 22.7. The van der Waals surface area contributed by atoms with Gasteiger partial charge in [-0.1, -0.05) is 11.6 Å². The molecule has 1 N–H and O–H groups in total. The number of nitrogens with zero attached hydrogens (tertiary/aromatic N) is 1. The van der Waals surface area contributed by atoms with Gasteiger partial charge in [-0.05, 0) is 45.0 Å². The first-order chi connectivity index (χ1) is 17.7. The van der Waals surface area contributed by atoms with E-state index in [-0.39, 0.29) is 10.1 Å². The third-order valence-corrected chi connectivity index (χ3v) is 5.81. The summed E-state index contributed by atoms with van der Waals surface area (Å²) < 4.78 is 80.7. The molecule has 0 saturated carbocycles. The number of carbonyl (C=O) groups is 3. The number of benzene rings is 2. The van der Waals surface area contributed by atoms with Crippen LogP contribution in [0.5, 0.6) is 17.2 Å². The largest absolute Gasteiger partial charge is 0.478 e. The molecular weight excluding hydrogens is 575 g/mol. The molecule has 0 atom stereocenters. The van der Waals surface area contributed by atoms with Gasteiger partial charge in [0, 0.05) is 17.3 Å². The van der Waals surface area contributed by atoms with Gasteiger partial charge in [0.2, 0.25) is 0 Å². The van der Waals surface area contributed by atoms with Crippen molar-refractivity contribution in [3.8, 4) is 17.2 Å². The zero-order chi connectivity index (χ0) is 29.9. The minimum Gasteiger partial charge on any atom is -0.478 e. The fourth-order valence-corrected chi connectivity index (χ4v) is 4.11. The van der Waals surface area contributed by atoms with Gasteiger partial charge >= 0.3 is 24.2 Å². The molecule has 0 spiro atoms. The molecule has 0 heterocycles. The molecule has 2 aromatic carbocycles. The molecule has 16 heteroatoms. The average Bonchev–Trinajstić information content (AvgIpc) is 2.76. The number of aromatic carboxylic acids is 1. The summed E-state index contributed by atoms with van der Waals surface area (Å²) in [6, 6.07) is 3.89. The second-order valence-electron chi connectivity index (χ2n) is 8.80. The number of hydrogen-bond donors (Lipinski definition) is 1. The first-order valence-electron chi connectivity index (χ1n) is 10.6. The molecule has 2 aromatic rings. The Kier molecular flexibility index (Phi) is 9.35. The molecular formula is C23H23ClF3NO10S. The molecule has 11 nitrogen and oxygen atoms in total. The number of esters is 1. The lowest BCUT2D eigenvalue weighted by atomic mass is 10.1. The predicted octanol–water partition coefficient (Wildman–Crippen LogP) is 4.96. The number of carbonyl (C=O) groups excluding carboxylic acids is 2. The lowest BCUT2D eigenvalue weighted by Crippen LogP contribution is -2.42. The summed E-state index contributed by atoms with van der Waals surface area (Å²) in [6.07, 6.45) is -5.61. The Morgan fingerprint density at radius 3 is 2.15 bits per heavy atom. The van der Waals surface area contributed by atoms with E-state index in [1.165, 1.54) is 20.8 Å². The van der Waals surface area contributed by atoms with Crippen LogP contribution in [-0.2, 0) is 30.3 Å². The van der Waals surface area contributed by atoms with E-state index in [4.69, 9.17) is 25.9 Å². The number of ether oxygens (including phenoxy) is 3. The average molecular weight is 598 g/mol. The lowest BCUT2D eigenvalue weighted by Gasteiger charge is -2.27. The maximum Gasteiger partial charge on any atom is 0.444 e. The molecule has 214 valence electrons. The van der Waals surface area contributed by atoms with E-state index < -0.39 is 79.5 Å². The highest BCUT2D eigenvalue weighted by Gasteiger charge is 2.36. The Morgan fingerprint density at radius 1 is 1.05 bits per heavy atom. The third kappa shape index (κ3) is 8.64. The van der Waals surface area contributed by atoms with Crippen LogP contribution in [0.3, 0.4) is 0 Å². The molecule has 1 amide bonds. The second kappa shape index (κ2) is 11.6. The van der Waals surface area contributed by atoms with Crippen molar-refractivity contribution in [2.75, 3.05) is 19.9 Å². The van der Waals surface area contributed by atoms with Gasteiger partial charge in [-0.15, -0.1) is 5.06 Å². The summed E-state index contributed by atoms with van der Waals surface area (Å²) in [5.74, 6) is -5.16. The summed E-state index contributed by atoms with van der Waals surface area (Å²) in [4.78, 5) is 40.9. The number of methoxy groups -OCH3 is 1. The number of alkyl halides is 3. The van der Waals surface area contributed by atoms with Gasteiger partial charge in [0.25, 0.3) is 0 Å². The third-order valence-electron chi connectivity index (χ3n) is 4.41. The van der Waals surface area contributed by atoms with E-state index in [0.29, 0.717) is 18.4 Å². The number of sulfone groups is 1. The Bertz CT molecular complexity index is 1390. The summed E-state index contributed by atoms with van der Waals surface area (Å²) in [5.41, 5.74) is -3.40.